The number of aromatic nitrogens is 2. The minimum absolute atomic E-state index is 0. The van der Waals surface area contributed by atoms with E-state index >= 15 is 0 Å². The normalized spacial score (nSPS) is 20.9. The fourth-order valence-electron chi connectivity index (χ4n) is 1.49. The molecule has 12 heavy (non-hydrogen) atoms. The highest BCUT2D eigenvalue weighted by Gasteiger charge is 2.15. The molecule has 1 unspecified atom stereocenters. The molecule has 2 N–H and O–H groups in total. The van der Waals surface area contributed by atoms with Crippen LogP contribution in [0, 0.1) is 0 Å². The van der Waals surface area contributed by atoms with Crippen molar-refractivity contribution in [2.24, 2.45) is 5.73 Å². The van der Waals surface area contributed by atoms with Crippen LogP contribution in [-0.4, -0.2) is 16.0 Å². The first-order valence-electron chi connectivity index (χ1n) is 3.89. The van der Waals surface area contributed by atoms with Gasteiger partial charge in [-0.15, -0.1) is 12.4 Å². The first-order chi connectivity index (χ1) is 5.36. The van der Waals surface area contributed by atoms with Crippen LogP contribution in [0.3, 0.4) is 0 Å². The van der Waals surface area contributed by atoms with Gasteiger partial charge in [-0.3, -0.25) is 0 Å². The van der Waals surface area contributed by atoms with Gasteiger partial charge < -0.3 is 5.73 Å². The molecule has 4 heteroatoms. The highest BCUT2D eigenvalue weighted by Crippen LogP contribution is 2.16. The first kappa shape index (κ1) is 9.42. The van der Waals surface area contributed by atoms with Crippen LogP contribution in [0.25, 0.3) is 0 Å². The number of halogens is 1. The van der Waals surface area contributed by atoms with E-state index < -0.39 is 0 Å². The third-order valence-corrected chi connectivity index (χ3v) is 2.12. The molecule has 2 rings (SSSR count). The standard InChI is InChI=1S/C8H11N3.ClH/c9-7-1-2-8-6(3-7)4-10-5-11-8;/h4-5,7H,1-3,9H2;1H. The van der Waals surface area contributed by atoms with Gasteiger partial charge in [0.1, 0.15) is 6.33 Å². The lowest BCUT2D eigenvalue weighted by Crippen LogP contribution is -2.28. The van der Waals surface area contributed by atoms with Crippen LogP contribution in [-0.2, 0) is 12.8 Å². The molecular weight excluding hydrogens is 174 g/mol. The molecule has 1 aliphatic carbocycles. The van der Waals surface area contributed by atoms with Gasteiger partial charge in [0.15, 0.2) is 0 Å². The topological polar surface area (TPSA) is 51.8 Å². The molecule has 0 radical (unpaired) electrons. The number of nitrogens with two attached hydrogens (primary N) is 1. The molecule has 1 atom stereocenters. The van der Waals surface area contributed by atoms with Gasteiger partial charge in [-0.2, -0.15) is 0 Å². The fraction of sp³-hybridized carbons (Fsp3) is 0.500. The van der Waals surface area contributed by atoms with Crippen LogP contribution >= 0.6 is 12.4 Å². The lowest BCUT2D eigenvalue weighted by Gasteiger charge is -2.18. The maximum Gasteiger partial charge on any atom is 0.115 e. The van der Waals surface area contributed by atoms with Crippen molar-refractivity contribution in [2.75, 3.05) is 0 Å². The Labute approximate surface area is 77.8 Å². The maximum atomic E-state index is 5.79. The number of nitrogens with zero attached hydrogens (tertiary/aromatic N) is 2. The van der Waals surface area contributed by atoms with Crippen molar-refractivity contribution in [3.63, 3.8) is 0 Å². The number of aryl methyl sites for hydroxylation is 1. The summed E-state index contributed by atoms with van der Waals surface area (Å²) in [5, 5.41) is 0. The number of hydrogen-bond donors (Lipinski definition) is 1. The third-order valence-electron chi connectivity index (χ3n) is 2.12. The lowest BCUT2D eigenvalue weighted by molar-refractivity contribution is 0.563. The van der Waals surface area contributed by atoms with Gasteiger partial charge in [0.05, 0.1) is 0 Å². The molecule has 0 aliphatic heterocycles. The van der Waals surface area contributed by atoms with Crippen LogP contribution < -0.4 is 5.73 Å². The van der Waals surface area contributed by atoms with E-state index in [4.69, 9.17) is 5.73 Å². The molecule has 1 aliphatic rings. The van der Waals surface area contributed by atoms with Crippen molar-refractivity contribution in [2.45, 2.75) is 25.3 Å². The zero-order valence-electron chi connectivity index (χ0n) is 6.73. The Kier molecular flexibility index (Phi) is 3.00. The summed E-state index contributed by atoms with van der Waals surface area (Å²) in [5.41, 5.74) is 8.20. The summed E-state index contributed by atoms with van der Waals surface area (Å²) in [6, 6.07) is 0.313. The summed E-state index contributed by atoms with van der Waals surface area (Å²) in [4.78, 5) is 8.15. The van der Waals surface area contributed by atoms with E-state index in [0.717, 1.165) is 19.3 Å². The Morgan fingerprint density at radius 2 is 2.33 bits per heavy atom. The zero-order chi connectivity index (χ0) is 7.68. The molecule has 3 nitrogen and oxygen atoms in total. The zero-order valence-corrected chi connectivity index (χ0v) is 7.55. The Morgan fingerprint density at radius 1 is 1.50 bits per heavy atom. The minimum Gasteiger partial charge on any atom is -0.327 e. The SMILES string of the molecule is Cl.NC1CCc2ncncc2C1. The monoisotopic (exact) mass is 185 g/mol. The van der Waals surface area contributed by atoms with Crippen molar-refractivity contribution in [1.29, 1.82) is 0 Å². The largest absolute Gasteiger partial charge is 0.327 e. The predicted octanol–water partition coefficient (Wildman–Crippen LogP) is 0.714. The number of rotatable bonds is 0. The fourth-order valence-corrected chi connectivity index (χ4v) is 1.49. The number of fused-ring (bicyclic) bond motifs is 1. The number of hydrogen-bond acceptors (Lipinski definition) is 3. The molecule has 0 amide bonds. The molecule has 1 aromatic heterocycles. The Hall–Kier alpha value is -0.670. The van der Waals surface area contributed by atoms with Crippen LogP contribution in [0.4, 0.5) is 0 Å². The van der Waals surface area contributed by atoms with E-state index in [9.17, 15) is 0 Å². The molecule has 0 spiro atoms. The van der Waals surface area contributed by atoms with E-state index in [2.05, 4.69) is 9.97 Å². The Balaban J connectivity index is 0.000000720. The van der Waals surface area contributed by atoms with Crippen molar-refractivity contribution in [3.8, 4) is 0 Å². The second-order valence-corrected chi connectivity index (χ2v) is 3.00. The molecule has 0 saturated carbocycles. The summed E-state index contributed by atoms with van der Waals surface area (Å²) >= 11 is 0. The second kappa shape index (κ2) is 3.83. The molecule has 66 valence electrons. The molecule has 0 bridgehead atoms. The molecule has 1 heterocycles. The lowest BCUT2D eigenvalue weighted by atomic mass is 9.94. The third kappa shape index (κ3) is 1.73. The van der Waals surface area contributed by atoms with Gasteiger partial charge in [-0.05, 0) is 24.8 Å². The maximum absolute atomic E-state index is 5.79. The van der Waals surface area contributed by atoms with Gasteiger partial charge >= 0.3 is 0 Å². The highest BCUT2D eigenvalue weighted by atomic mass is 35.5. The van der Waals surface area contributed by atoms with Crippen LogP contribution in [0.1, 0.15) is 17.7 Å². The van der Waals surface area contributed by atoms with Crippen LogP contribution in [0.2, 0.25) is 0 Å². The Bertz CT molecular complexity index is 264. The van der Waals surface area contributed by atoms with E-state index in [1.54, 1.807) is 6.33 Å². The van der Waals surface area contributed by atoms with E-state index in [1.807, 2.05) is 6.20 Å². The highest BCUT2D eigenvalue weighted by molar-refractivity contribution is 5.85. The van der Waals surface area contributed by atoms with Gasteiger partial charge in [-0.25, -0.2) is 9.97 Å². The smallest absolute Gasteiger partial charge is 0.115 e. The molecule has 0 saturated heterocycles. The van der Waals surface area contributed by atoms with E-state index in [0.29, 0.717) is 6.04 Å². The second-order valence-electron chi connectivity index (χ2n) is 3.00. The molecule has 0 aromatic carbocycles. The minimum atomic E-state index is 0. The van der Waals surface area contributed by atoms with Crippen LogP contribution in [0.5, 0.6) is 0 Å². The average molecular weight is 186 g/mol. The summed E-state index contributed by atoms with van der Waals surface area (Å²) in [6.07, 6.45) is 6.50. The van der Waals surface area contributed by atoms with E-state index in [1.165, 1.54) is 11.3 Å². The van der Waals surface area contributed by atoms with Crippen molar-refractivity contribution < 1.29 is 0 Å². The summed E-state index contributed by atoms with van der Waals surface area (Å²) in [7, 11) is 0. The summed E-state index contributed by atoms with van der Waals surface area (Å²) in [5.74, 6) is 0. The average Bonchev–Trinajstić information content (AvgIpc) is 2.04. The quantitative estimate of drug-likeness (QED) is 0.648. The predicted molar refractivity (Wildman–Crippen MR) is 49.3 cm³/mol. The summed E-state index contributed by atoms with van der Waals surface area (Å²) < 4.78 is 0. The van der Waals surface area contributed by atoms with E-state index in [-0.39, 0.29) is 12.4 Å². The van der Waals surface area contributed by atoms with Crippen molar-refractivity contribution in [1.82, 2.24) is 9.97 Å². The van der Waals surface area contributed by atoms with Gasteiger partial charge in [-0.1, -0.05) is 0 Å². The molecule has 0 fully saturated rings. The molecule has 1 aromatic rings. The van der Waals surface area contributed by atoms with Crippen molar-refractivity contribution in [3.05, 3.63) is 23.8 Å². The van der Waals surface area contributed by atoms with Gasteiger partial charge in [0.25, 0.3) is 0 Å². The Morgan fingerprint density at radius 3 is 3.17 bits per heavy atom. The molecular formula is C8H12ClN3. The van der Waals surface area contributed by atoms with Crippen molar-refractivity contribution >= 4 is 12.4 Å². The summed E-state index contributed by atoms with van der Waals surface area (Å²) in [6.45, 7) is 0. The van der Waals surface area contributed by atoms with Crippen LogP contribution in [0.15, 0.2) is 12.5 Å². The van der Waals surface area contributed by atoms with Gasteiger partial charge in [0.2, 0.25) is 0 Å². The van der Waals surface area contributed by atoms with Gasteiger partial charge in [0, 0.05) is 17.9 Å². The first-order valence-corrected chi connectivity index (χ1v) is 3.89.